The van der Waals surface area contributed by atoms with Gasteiger partial charge in [-0.15, -0.1) is 0 Å². The number of amides is 2. The predicted octanol–water partition coefficient (Wildman–Crippen LogP) is 1.07. The standard InChI is InChI=1S/C19H24FN5O2/c1-3-21-19(27)17-8-16(23-18(26)14-9-22-24(2)11-14)12-25(17)10-13-5-4-6-15(20)7-13/h4-7,9,11,16-17H,3,8,10,12H2,1-2H3,(H,21,27)(H,23,26)/t16-,17+/m1/s1. The van der Waals surface area contributed by atoms with E-state index in [9.17, 15) is 14.0 Å². The lowest BCUT2D eigenvalue weighted by atomic mass is 10.1. The summed E-state index contributed by atoms with van der Waals surface area (Å²) < 4.78 is 15.1. The number of benzene rings is 1. The van der Waals surface area contributed by atoms with Crippen molar-refractivity contribution in [3.05, 3.63) is 53.6 Å². The molecule has 0 bridgehead atoms. The normalized spacial score (nSPS) is 19.8. The van der Waals surface area contributed by atoms with E-state index in [1.165, 1.54) is 18.3 Å². The van der Waals surface area contributed by atoms with Crippen molar-refractivity contribution in [3.63, 3.8) is 0 Å². The van der Waals surface area contributed by atoms with Crippen LogP contribution >= 0.6 is 0 Å². The minimum Gasteiger partial charge on any atom is -0.355 e. The SMILES string of the molecule is CCNC(=O)[C@@H]1C[C@@H](NC(=O)c2cnn(C)c2)CN1Cc1cccc(F)c1. The number of halogens is 1. The molecule has 27 heavy (non-hydrogen) atoms. The highest BCUT2D eigenvalue weighted by molar-refractivity contribution is 5.94. The van der Waals surface area contributed by atoms with E-state index in [0.717, 1.165) is 5.56 Å². The molecular weight excluding hydrogens is 349 g/mol. The number of aromatic nitrogens is 2. The number of rotatable bonds is 6. The molecule has 1 saturated heterocycles. The van der Waals surface area contributed by atoms with Crippen molar-refractivity contribution in [2.75, 3.05) is 13.1 Å². The van der Waals surface area contributed by atoms with Gasteiger partial charge in [0, 0.05) is 38.9 Å². The molecule has 2 N–H and O–H groups in total. The molecule has 144 valence electrons. The molecule has 0 radical (unpaired) electrons. The third-order valence-electron chi connectivity index (χ3n) is 4.63. The molecule has 7 nitrogen and oxygen atoms in total. The van der Waals surface area contributed by atoms with Gasteiger partial charge in [0.2, 0.25) is 5.91 Å². The van der Waals surface area contributed by atoms with Gasteiger partial charge in [-0.3, -0.25) is 19.2 Å². The number of nitrogens with one attached hydrogen (secondary N) is 2. The van der Waals surface area contributed by atoms with Gasteiger partial charge in [0.25, 0.3) is 5.91 Å². The number of hydrogen-bond donors (Lipinski definition) is 2. The van der Waals surface area contributed by atoms with Gasteiger partial charge in [0.05, 0.1) is 17.8 Å². The van der Waals surface area contributed by atoms with Crippen molar-refractivity contribution in [2.45, 2.75) is 32.0 Å². The van der Waals surface area contributed by atoms with Crippen LogP contribution in [-0.2, 0) is 18.4 Å². The van der Waals surface area contributed by atoms with Gasteiger partial charge >= 0.3 is 0 Å². The molecule has 1 aliphatic heterocycles. The maximum Gasteiger partial charge on any atom is 0.254 e. The van der Waals surface area contributed by atoms with Crippen LogP contribution in [0.1, 0.15) is 29.3 Å². The van der Waals surface area contributed by atoms with Gasteiger partial charge in [-0.25, -0.2) is 4.39 Å². The first-order valence-electron chi connectivity index (χ1n) is 9.02. The Kier molecular flexibility index (Phi) is 5.85. The Balaban J connectivity index is 1.70. The molecule has 0 unspecified atom stereocenters. The highest BCUT2D eigenvalue weighted by atomic mass is 19.1. The number of likely N-dealkylation sites (tertiary alicyclic amines) is 1. The maximum absolute atomic E-state index is 13.5. The molecule has 2 aromatic rings. The van der Waals surface area contributed by atoms with Gasteiger partial charge in [-0.1, -0.05) is 12.1 Å². The first-order chi connectivity index (χ1) is 13.0. The van der Waals surface area contributed by atoms with Crippen molar-refractivity contribution < 1.29 is 14.0 Å². The molecule has 0 saturated carbocycles. The van der Waals surface area contributed by atoms with E-state index in [1.54, 1.807) is 24.0 Å². The second-order valence-electron chi connectivity index (χ2n) is 6.78. The molecule has 1 aliphatic rings. The largest absolute Gasteiger partial charge is 0.355 e. The van der Waals surface area contributed by atoms with Crippen molar-refractivity contribution in [2.24, 2.45) is 7.05 Å². The van der Waals surface area contributed by atoms with Crippen LogP contribution in [0, 0.1) is 5.82 Å². The third-order valence-corrected chi connectivity index (χ3v) is 4.63. The van der Waals surface area contributed by atoms with Crippen LogP contribution in [0.5, 0.6) is 0 Å². The predicted molar refractivity (Wildman–Crippen MR) is 98.4 cm³/mol. The zero-order chi connectivity index (χ0) is 19.4. The summed E-state index contributed by atoms with van der Waals surface area (Å²) >= 11 is 0. The van der Waals surface area contributed by atoms with E-state index in [1.807, 2.05) is 17.9 Å². The monoisotopic (exact) mass is 373 g/mol. The lowest BCUT2D eigenvalue weighted by Gasteiger charge is -2.23. The summed E-state index contributed by atoms with van der Waals surface area (Å²) in [6.07, 6.45) is 3.67. The summed E-state index contributed by atoms with van der Waals surface area (Å²) in [6.45, 7) is 3.37. The van der Waals surface area contributed by atoms with Crippen molar-refractivity contribution in [1.29, 1.82) is 0 Å². The van der Waals surface area contributed by atoms with E-state index >= 15 is 0 Å². The van der Waals surface area contributed by atoms with Crippen LogP contribution in [-0.4, -0.2) is 51.7 Å². The zero-order valence-corrected chi connectivity index (χ0v) is 15.5. The van der Waals surface area contributed by atoms with E-state index < -0.39 is 0 Å². The van der Waals surface area contributed by atoms with Crippen molar-refractivity contribution >= 4 is 11.8 Å². The Morgan fingerprint density at radius 3 is 2.85 bits per heavy atom. The fourth-order valence-electron chi connectivity index (χ4n) is 3.42. The fourth-order valence-corrected chi connectivity index (χ4v) is 3.42. The van der Waals surface area contributed by atoms with Gasteiger partial charge < -0.3 is 10.6 Å². The number of aryl methyl sites for hydroxylation is 1. The number of likely N-dealkylation sites (N-methyl/N-ethyl adjacent to an activating group) is 1. The molecular formula is C19H24FN5O2. The summed E-state index contributed by atoms with van der Waals surface area (Å²) in [5.41, 5.74) is 1.28. The molecule has 3 rings (SSSR count). The van der Waals surface area contributed by atoms with Crippen LogP contribution in [0.2, 0.25) is 0 Å². The molecule has 0 spiro atoms. The average Bonchev–Trinajstić information content (AvgIpc) is 3.21. The summed E-state index contributed by atoms with van der Waals surface area (Å²) in [7, 11) is 1.75. The molecule has 2 heterocycles. The number of carbonyl (C=O) groups excluding carboxylic acids is 2. The fraction of sp³-hybridized carbons (Fsp3) is 0.421. The smallest absolute Gasteiger partial charge is 0.254 e. The van der Waals surface area contributed by atoms with Crippen molar-refractivity contribution in [1.82, 2.24) is 25.3 Å². The number of nitrogens with zero attached hydrogens (tertiary/aromatic N) is 3. The Morgan fingerprint density at radius 2 is 2.19 bits per heavy atom. The van der Waals surface area contributed by atoms with Crippen LogP contribution in [0.3, 0.4) is 0 Å². The quantitative estimate of drug-likeness (QED) is 0.794. The lowest BCUT2D eigenvalue weighted by Crippen LogP contribution is -2.42. The second kappa shape index (κ2) is 8.30. The average molecular weight is 373 g/mol. The van der Waals surface area contributed by atoms with Crippen LogP contribution in [0.25, 0.3) is 0 Å². The minimum absolute atomic E-state index is 0.0768. The Labute approximate surface area is 157 Å². The Morgan fingerprint density at radius 1 is 1.37 bits per heavy atom. The van der Waals surface area contributed by atoms with Gasteiger partial charge in [-0.2, -0.15) is 5.10 Å². The van der Waals surface area contributed by atoms with Crippen LogP contribution in [0.15, 0.2) is 36.7 Å². The van der Waals surface area contributed by atoms with Crippen LogP contribution in [0.4, 0.5) is 4.39 Å². The lowest BCUT2D eigenvalue weighted by molar-refractivity contribution is -0.125. The second-order valence-corrected chi connectivity index (χ2v) is 6.78. The third kappa shape index (κ3) is 4.71. The highest BCUT2D eigenvalue weighted by Gasteiger charge is 2.37. The summed E-state index contributed by atoms with van der Waals surface area (Å²) in [5, 5.41) is 9.82. The van der Waals surface area contributed by atoms with E-state index in [4.69, 9.17) is 0 Å². The molecule has 1 aromatic carbocycles. The van der Waals surface area contributed by atoms with Crippen LogP contribution < -0.4 is 10.6 Å². The van der Waals surface area contributed by atoms with Crippen molar-refractivity contribution in [3.8, 4) is 0 Å². The summed E-state index contributed by atoms with van der Waals surface area (Å²) in [4.78, 5) is 26.8. The maximum atomic E-state index is 13.5. The first-order valence-corrected chi connectivity index (χ1v) is 9.02. The molecule has 2 amide bonds. The molecule has 1 fully saturated rings. The van der Waals surface area contributed by atoms with Gasteiger partial charge in [-0.05, 0) is 31.0 Å². The van der Waals surface area contributed by atoms with E-state index in [-0.39, 0.29) is 29.7 Å². The molecule has 0 aliphatic carbocycles. The number of carbonyl (C=O) groups is 2. The Hall–Kier alpha value is -2.74. The first kappa shape index (κ1) is 19.0. The zero-order valence-electron chi connectivity index (χ0n) is 15.5. The minimum atomic E-state index is -0.368. The summed E-state index contributed by atoms with van der Waals surface area (Å²) in [6, 6.07) is 5.82. The van der Waals surface area contributed by atoms with Gasteiger partial charge in [0.1, 0.15) is 5.82 Å². The van der Waals surface area contributed by atoms with E-state index in [0.29, 0.717) is 31.6 Å². The summed E-state index contributed by atoms with van der Waals surface area (Å²) in [5.74, 6) is -0.593. The molecule has 2 atom stereocenters. The molecule has 8 heteroatoms. The van der Waals surface area contributed by atoms with E-state index in [2.05, 4.69) is 15.7 Å². The number of hydrogen-bond acceptors (Lipinski definition) is 4. The highest BCUT2D eigenvalue weighted by Crippen LogP contribution is 2.22. The molecule has 1 aromatic heterocycles. The Bertz CT molecular complexity index is 822. The van der Waals surface area contributed by atoms with Gasteiger partial charge in [0.15, 0.2) is 0 Å². The topological polar surface area (TPSA) is 79.3 Å².